The standard InChI is InChI=1S/C17H22BClF4O2/c1-9-8-10(14(2,3)17(21,22)23)12(19)13(20)11(9)18-24-15(4,5)16(6,7)25-18/h8H,1-7H3. The smallest absolute Gasteiger partial charge is 0.399 e. The number of hydrogen-bond acceptors (Lipinski definition) is 2. The van der Waals surface area contributed by atoms with E-state index in [1.807, 2.05) is 27.7 Å². The summed E-state index contributed by atoms with van der Waals surface area (Å²) in [5.41, 5.74) is -3.67. The summed E-state index contributed by atoms with van der Waals surface area (Å²) >= 11 is 6.00. The van der Waals surface area contributed by atoms with Crippen molar-refractivity contribution in [3.05, 3.63) is 28.0 Å². The van der Waals surface area contributed by atoms with Crippen molar-refractivity contribution in [2.75, 3.05) is 0 Å². The maximum Gasteiger partial charge on any atom is 0.498 e. The highest BCUT2D eigenvalue weighted by Gasteiger charge is 2.54. The van der Waals surface area contributed by atoms with Crippen LogP contribution < -0.4 is 5.46 Å². The summed E-state index contributed by atoms with van der Waals surface area (Å²) in [6.45, 7) is 10.7. The molecule has 0 atom stereocenters. The molecule has 8 heteroatoms. The van der Waals surface area contributed by atoms with Crippen molar-refractivity contribution in [1.29, 1.82) is 0 Å². The normalized spacial score (nSPS) is 20.2. The second kappa shape index (κ2) is 5.86. The molecule has 1 aliphatic rings. The molecule has 1 fully saturated rings. The van der Waals surface area contributed by atoms with Crippen LogP contribution in [0.2, 0.25) is 5.02 Å². The Balaban J connectivity index is 2.58. The number of benzene rings is 1. The van der Waals surface area contributed by atoms with E-state index >= 15 is 0 Å². The Kier molecular flexibility index (Phi) is 4.81. The van der Waals surface area contributed by atoms with Gasteiger partial charge in [0.1, 0.15) is 5.82 Å². The lowest BCUT2D eigenvalue weighted by Gasteiger charge is -2.32. The number of aryl methyl sites for hydroxylation is 1. The van der Waals surface area contributed by atoms with Gasteiger partial charge in [0.05, 0.1) is 21.6 Å². The van der Waals surface area contributed by atoms with Crippen LogP contribution in [0.5, 0.6) is 0 Å². The van der Waals surface area contributed by atoms with Crippen LogP contribution in [-0.4, -0.2) is 24.5 Å². The molecule has 0 N–H and O–H groups in total. The minimum atomic E-state index is -4.57. The molecule has 25 heavy (non-hydrogen) atoms. The van der Waals surface area contributed by atoms with Crippen molar-refractivity contribution in [2.45, 2.75) is 71.3 Å². The number of hydrogen-bond donors (Lipinski definition) is 0. The van der Waals surface area contributed by atoms with Gasteiger partial charge in [-0.25, -0.2) is 4.39 Å². The van der Waals surface area contributed by atoms with Crippen LogP contribution >= 0.6 is 11.6 Å². The highest BCUT2D eigenvalue weighted by Crippen LogP contribution is 2.44. The molecular weight excluding hydrogens is 358 g/mol. The molecule has 2 rings (SSSR count). The van der Waals surface area contributed by atoms with Crippen molar-refractivity contribution < 1.29 is 26.9 Å². The van der Waals surface area contributed by atoms with Crippen LogP contribution in [0.3, 0.4) is 0 Å². The summed E-state index contributed by atoms with van der Waals surface area (Å²) < 4.78 is 66.6. The quantitative estimate of drug-likeness (QED) is 0.535. The molecule has 2 nitrogen and oxygen atoms in total. The highest BCUT2D eigenvalue weighted by atomic mass is 35.5. The Morgan fingerprint density at radius 3 is 1.88 bits per heavy atom. The van der Waals surface area contributed by atoms with E-state index in [4.69, 9.17) is 20.9 Å². The molecule has 1 aromatic carbocycles. The summed E-state index contributed by atoms with van der Waals surface area (Å²) in [6, 6.07) is 1.26. The van der Waals surface area contributed by atoms with Gasteiger partial charge in [-0.1, -0.05) is 17.7 Å². The number of alkyl halides is 3. The van der Waals surface area contributed by atoms with Crippen LogP contribution in [0.1, 0.15) is 52.7 Å². The van der Waals surface area contributed by atoms with Crippen LogP contribution in [0.15, 0.2) is 6.07 Å². The molecule has 0 bridgehead atoms. The van der Waals surface area contributed by atoms with Gasteiger partial charge in [0.15, 0.2) is 0 Å². The topological polar surface area (TPSA) is 18.5 Å². The predicted octanol–water partition coefficient (Wildman–Crippen LogP) is 4.93. The van der Waals surface area contributed by atoms with Crippen LogP contribution in [0.25, 0.3) is 0 Å². The Morgan fingerprint density at radius 1 is 1.04 bits per heavy atom. The van der Waals surface area contributed by atoms with Gasteiger partial charge < -0.3 is 9.31 Å². The lowest BCUT2D eigenvalue weighted by atomic mass is 9.73. The molecule has 1 saturated heterocycles. The zero-order chi connectivity index (χ0) is 19.6. The van der Waals surface area contributed by atoms with E-state index in [-0.39, 0.29) is 11.0 Å². The van der Waals surface area contributed by atoms with Crippen LogP contribution in [0.4, 0.5) is 17.6 Å². The Hall–Kier alpha value is -0.785. The van der Waals surface area contributed by atoms with E-state index in [2.05, 4.69) is 0 Å². The van der Waals surface area contributed by atoms with E-state index in [0.717, 1.165) is 13.8 Å². The number of rotatable bonds is 2. The Bertz CT molecular complexity index is 683. The molecule has 0 radical (unpaired) electrons. The van der Waals surface area contributed by atoms with Gasteiger partial charge >= 0.3 is 13.3 Å². The van der Waals surface area contributed by atoms with Gasteiger partial charge in [-0.05, 0) is 59.6 Å². The van der Waals surface area contributed by atoms with Gasteiger partial charge in [0, 0.05) is 5.46 Å². The maximum absolute atomic E-state index is 14.9. The van der Waals surface area contributed by atoms with Crippen molar-refractivity contribution >= 4 is 24.2 Å². The first-order chi connectivity index (χ1) is 11.0. The lowest BCUT2D eigenvalue weighted by molar-refractivity contribution is -0.180. The predicted molar refractivity (Wildman–Crippen MR) is 90.9 cm³/mol. The van der Waals surface area contributed by atoms with E-state index < -0.39 is 40.8 Å². The third kappa shape index (κ3) is 3.19. The van der Waals surface area contributed by atoms with Gasteiger partial charge in [-0.15, -0.1) is 0 Å². The summed E-state index contributed by atoms with van der Waals surface area (Å²) in [4.78, 5) is 0. The molecule has 0 saturated carbocycles. The van der Waals surface area contributed by atoms with Crippen LogP contribution in [0, 0.1) is 12.7 Å². The van der Waals surface area contributed by atoms with Crippen molar-refractivity contribution in [3.63, 3.8) is 0 Å². The van der Waals surface area contributed by atoms with E-state index in [0.29, 0.717) is 5.56 Å². The van der Waals surface area contributed by atoms with Crippen molar-refractivity contribution in [2.24, 2.45) is 0 Å². The monoisotopic (exact) mass is 380 g/mol. The number of halogens is 5. The first-order valence-corrected chi connectivity index (χ1v) is 8.32. The Labute approximate surface area is 151 Å². The fraction of sp³-hybridized carbons (Fsp3) is 0.647. The fourth-order valence-electron chi connectivity index (χ4n) is 2.62. The second-order valence-corrected chi connectivity index (χ2v) is 8.37. The molecular formula is C17H22BClF4O2. The SMILES string of the molecule is Cc1cc(C(C)(C)C(F)(F)F)c(Cl)c(F)c1B1OC(C)(C)C(C)(C)O1. The molecule has 1 heterocycles. The minimum absolute atomic E-state index is 0.0328. The van der Waals surface area contributed by atoms with Gasteiger partial charge in [0.25, 0.3) is 0 Å². The molecule has 1 aromatic rings. The van der Waals surface area contributed by atoms with Gasteiger partial charge in [0.2, 0.25) is 0 Å². The fourth-order valence-corrected chi connectivity index (χ4v) is 3.02. The summed E-state index contributed by atoms with van der Waals surface area (Å²) in [6.07, 6.45) is -4.57. The largest absolute Gasteiger partial charge is 0.498 e. The summed E-state index contributed by atoms with van der Waals surface area (Å²) in [7, 11) is -1.04. The zero-order valence-corrected chi connectivity index (χ0v) is 16.1. The Morgan fingerprint density at radius 2 is 1.48 bits per heavy atom. The van der Waals surface area contributed by atoms with Crippen molar-refractivity contribution in [1.82, 2.24) is 0 Å². The maximum atomic E-state index is 14.9. The molecule has 0 amide bonds. The third-order valence-electron chi connectivity index (χ3n) is 5.32. The van der Waals surface area contributed by atoms with Gasteiger partial charge in [-0.2, -0.15) is 13.2 Å². The lowest BCUT2D eigenvalue weighted by Crippen LogP contribution is -2.41. The molecule has 1 aliphatic heterocycles. The zero-order valence-electron chi connectivity index (χ0n) is 15.4. The molecule has 0 unspecified atom stereocenters. The van der Waals surface area contributed by atoms with Crippen molar-refractivity contribution in [3.8, 4) is 0 Å². The van der Waals surface area contributed by atoms with E-state index in [1.165, 1.54) is 13.0 Å². The van der Waals surface area contributed by atoms with Gasteiger partial charge in [-0.3, -0.25) is 0 Å². The first-order valence-electron chi connectivity index (χ1n) is 7.94. The molecule has 0 spiro atoms. The average Bonchev–Trinajstić information content (AvgIpc) is 2.61. The summed E-state index contributed by atoms with van der Waals surface area (Å²) in [5.74, 6) is -0.938. The molecule has 0 aliphatic carbocycles. The summed E-state index contributed by atoms with van der Waals surface area (Å²) in [5, 5.41) is -0.558. The van der Waals surface area contributed by atoms with Crippen LogP contribution in [-0.2, 0) is 14.7 Å². The van der Waals surface area contributed by atoms with E-state index in [1.54, 1.807) is 0 Å². The minimum Gasteiger partial charge on any atom is -0.399 e. The molecule has 140 valence electrons. The third-order valence-corrected chi connectivity index (χ3v) is 5.69. The van der Waals surface area contributed by atoms with E-state index in [9.17, 15) is 17.6 Å². The first kappa shape index (κ1) is 20.5. The second-order valence-electron chi connectivity index (χ2n) is 7.99. The highest BCUT2D eigenvalue weighted by molar-refractivity contribution is 6.63. The average molecular weight is 381 g/mol. The molecule has 0 aromatic heterocycles.